The minimum Gasteiger partial charge on any atom is -0.495 e. The quantitative estimate of drug-likeness (QED) is 0.614. The monoisotopic (exact) mass is 414 g/mol. The van der Waals surface area contributed by atoms with E-state index in [1.54, 1.807) is 43.5 Å². The Morgan fingerprint density at radius 1 is 0.968 bits per heavy atom. The van der Waals surface area contributed by atoms with Gasteiger partial charge >= 0.3 is 0 Å². The molecule has 6 nitrogen and oxygen atoms in total. The van der Waals surface area contributed by atoms with Gasteiger partial charge in [0.25, 0.3) is 5.91 Å². The predicted molar refractivity (Wildman–Crippen MR) is 115 cm³/mol. The van der Waals surface area contributed by atoms with Gasteiger partial charge < -0.3 is 10.1 Å². The van der Waals surface area contributed by atoms with E-state index in [-0.39, 0.29) is 41.4 Å². The molecule has 31 heavy (non-hydrogen) atoms. The molecule has 7 rings (SSSR count). The number of rotatable bonds is 4. The molecule has 1 N–H and O–H groups in total. The van der Waals surface area contributed by atoms with Crippen molar-refractivity contribution in [2.24, 2.45) is 35.5 Å². The molecule has 3 amide bonds. The molecule has 1 aliphatic heterocycles. The lowest BCUT2D eigenvalue weighted by Crippen LogP contribution is -2.40. The Bertz CT molecular complexity index is 1120. The van der Waals surface area contributed by atoms with E-state index in [9.17, 15) is 14.4 Å². The topological polar surface area (TPSA) is 75.7 Å². The molecule has 2 aromatic rings. The van der Waals surface area contributed by atoms with Gasteiger partial charge in [0, 0.05) is 5.56 Å². The van der Waals surface area contributed by atoms with Crippen LogP contribution in [0.25, 0.3) is 0 Å². The largest absolute Gasteiger partial charge is 0.495 e. The third-order valence-electron chi connectivity index (χ3n) is 7.38. The zero-order valence-electron chi connectivity index (χ0n) is 17.0. The number of amides is 3. The van der Waals surface area contributed by atoms with Crippen molar-refractivity contribution in [3.05, 3.63) is 66.2 Å². The number of hydrogen-bond acceptors (Lipinski definition) is 4. The predicted octanol–water partition coefficient (Wildman–Crippen LogP) is 3.51. The number of benzene rings is 2. The van der Waals surface area contributed by atoms with Crippen molar-refractivity contribution in [3.8, 4) is 5.75 Å². The van der Waals surface area contributed by atoms with E-state index in [4.69, 9.17) is 4.74 Å². The summed E-state index contributed by atoms with van der Waals surface area (Å²) >= 11 is 0. The first-order chi connectivity index (χ1) is 15.1. The number of nitrogens with one attached hydrogen (secondary N) is 1. The number of nitrogens with zero attached hydrogens (tertiary/aromatic N) is 1. The number of ether oxygens (including phenoxy) is 1. The molecule has 4 aliphatic carbocycles. The zero-order chi connectivity index (χ0) is 21.3. The molecule has 5 aliphatic rings. The molecule has 0 unspecified atom stereocenters. The number of hydrogen-bond donors (Lipinski definition) is 1. The van der Waals surface area contributed by atoms with Crippen LogP contribution in [0.5, 0.6) is 5.75 Å². The highest BCUT2D eigenvalue weighted by Crippen LogP contribution is 2.65. The Morgan fingerprint density at radius 2 is 1.65 bits per heavy atom. The summed E-state index contributed by atoms with van der Waals surface area (Å²) in [4.78, 5) is 40.8. The Kier molecular flexibility index (Phi) is 3.88. The van der Waals surface area contributed by atoms with Gasteiger partial charge in [0.15, 0.2) is 0 Å². The van der Waals surface area contributed by atoms with Gasteiger partial charge in [-0.1, -0.05) is 30.4 Å². The second-order valence-corrected chi connectivity index (χ2v) is 8.87. The maximum Gasteiger partial charge on any atom is 0.255 e. The summed E-state index contributed by atoms with van der Waals surface area (Å²) in [6.07, 6.45) is 5.45. The van der Waals surface area contributed by atoms with Gasteiger partial charge in [-0.05, 0) is 60.4 Å². The summed E-state index contributed by atoms with van der Waals surface area (Å²) < 4.78 is 5.29. The Hall–Kier alpha value is -3.41. The lowest BCUT2D eigenvalue weighted by Gasteiger charge is -2.37. The number of anilines is 2. The van der Waals surface area contributed by atoms with Crippen molar-refractivity contribution in [1.82, 2.24) is 0 Å². The number of carbonyl (C=O) groups excluding carboxylic acids is 3. The maximum atomic E-state index is 13.3. The summed E-state index contributed by atoms with van der Waals surface area (Å²) in [6, 6.07) is 13.9. The van der Waals surface area contributed by atoms with Crippen molar-refractivity contribution in [2.45, 2.75) is 6.42 Å². The molecule has 2 bridgehead atoms. The highest BCUT2D eigenvalue weighted by Gasteiger charge is 2.67. The number of allylic oxidation sites excluding steroid dienone is 2. The summed E-state index contributed by atoms with van der Waals surface area (Å²) in [6.45, 7) is 0. The summed E-state index contributed by atoms with van der Waals surface area (Å²) in [5, 5.41) is 2.84. The molecule has 2 aromatic carbocycles. The minimum atomic E-state index is -0.328. The normalized spacial score (nSPS) is 32.0. The first kappa shape index (κ1) is 18.4. The summed E-state index contributed by atoms with van der Waals surface area (Å²) in [5.41, 5.74) is 1.40. The molecule has 156 valence electrons. The summed E-state index contributed by atoms with van der Waals surface area (Å²) in [5.74, 6) is 0.959. The van der Waals surface area contributed by atoms with Gasteiger partial charge in [-0.2, -0.15) is 0 Å². The molecule has 3 fully saturated rings. The second kappa shape index (κ2) is 6.54. The van der Waals surface area contributed by atoms with E-state index >= 15 is 0 Å². The number of methoxy groups -OCH3 is 1. The van der Waals surface area contributed by atoms with E-state index in [0.717, 1.165) is 6.42 Å². The van der Waals surface area contributed by atoms with E-state index in [0.29, 0.717) is 34.5 Å². The molecule has 6 atom stereocenters. The molecule has 1 heterocycles. The Morgan fingerprint density at radius 3 is 2.32 bits per heavy atom. The lowest BCUT2D eigenvalue weighted by atomic mass is 9.63. The fraction of sp³-hybridized carbons (Fsp3) is 0.320. The second-order valence-electron chi connectivity index (χ2n) is 8.87. The highest BCUT2D eigenvalue weighted by molar-refractivity contribution is 6.23. The van der Waals surface area contributed by atoms with Crippen LogP contribution in [0.2, 0.25) is 0 Å². The van der Waals surface area contributed by atoms with E-state index in [1.807, 2.05) is 12.1 Å². The van der Waals surface area contributed by atoms with Gasteiger partial charge in [-0.25, -0.2) is 4.90 Å². The van der Waals surface area contributed by atoms with Gasteiger partial charge in [0.05, 0.1) is 30.3 Å². The van der Waals surface area contributed by atoms with Gasteiger partial charge in [0.1, 0.15) is 5.75 Å². The fourth-order valence-electron chi connectivity index (χ4n) is 5.94. The standard InChI is InChI=1S/C25H22N2O4/c1-31-20-8-3-2-7-19(20)26-23(28)13-5-4-6-14(11-13)27-24(29)21-15-9-10-16(18-12-17(15)18)22(21)25(27)30/h2-11,15-18,21-22H,12H2,1H3,(H,26,28)/t15-,16-,17-,18-,21-,22+/m0/s1. The Labute approximate surface area is 179 Å². The number of carbonyl (C=O) groups is 3. The average Bonchev–Trinajstić information content (AvgIpc) is 3.57. The number of para-hydroxylation sites is 2. The van der Waals surface area contributed by atoms with Crippen molar-refractivity contribution in [1.29, 1.82) is 0 Å². The number of imide groups is 1. The third-order valence-corrected chi connectivity index (χ3v) is 7.38. The zero-order valence-corrected chi connectivity index (χ0v) is 17.0. The molecular weight excluding hydrogens is 392 g/mol. The SMILES string of the molecule is COc1ccccc1NC(=O)c1cccc(N2C(=O)[C@@H]3[C@H]4C=C[C@@H]([C@@H]5C[C@@H]45)[C@@H]3C2=O)c1. The van der Waals surface area contributed by atoms with Gasteiger partial charge in [-0.3, -0.25) is 14.4 Å². The van der Waals surface area contributed by atoms with Crippen LogP contribution < -0.4 is 15.0 Å². The van der Waals surface area contributed by atoms with Crippen LogP contribution in [-0.2, 0) is 9.59 Å². The molecule has 6 heteroatoms. The van der Waals surface area contributed by atoms with Crippen molar-refractivity contribution < 1.29 is 19.1 Å². The molecule has 0 spiro atoms. The van der Waals surface area contributed by atoms with E-state index < -0.39 is 0 Å². The molecular formula is C25H22N2O4. The van der Waals surface area contributed by atoms with Crippen molar-refractivity contribution in [2.75, 3.05) is 17.3 Å². The van der Waals surface area contributed by atoms with Crippen molar-refractivity contribution >= 4 is 29.1 Å². The van der Waals surface area contributed by atoms with Gasteiger partial charge in [-0.15, -0.1) is 0 Å². The first-order valence-electron chi connectivity index (χ1n) is 10.7. The van der Waals surface area contributed by atoms with Crippen LogP contribution in [0.1, 0.15) is 16.8 Å². The van der Waals surface area contributed by atoms with E-state index in [2.05, 4.69) is 17.5 Å². The maximum absolute atomic E-state index is 13.3. The van der Waals surface area contributed by atoms with Crippen LogP contribution in [-0.4, -0.2) is 24.8 Å². The Balaban J connectivity index is 1.29. The minimum absolute atomic E-state index is 0.123. The van der Waals surface area contributed by atoms with Crippen molar-refractivity contribution in [3.63, 3.8) is 0 Å². The molecule has 0 radical (unpaired) electrons. The smallest absolute Gasteiger partial charge is 0.255 e. The van der Waals surface area contributed by atoms with Crippen LogP contribution in [0.3, 0.4) is 0 Å². The average molecular weight is 414 g/mol. The molecule has 1 saturated heterocycles. The van der Waals surface area contributed by atoms with Crippen LogP contribution in [0, 0.1) is 35.5 Å². The van der Waals surface area contributed by atoms with Crippen LogP contribution >= 0.6 is 0 Å². The lowest BCUT2D eigenvalue weighted by molar-refractivity contribution is -0.124. The van der Waals surface area contributed by atoms with Crippen LogP contribution in [0.4, 0.5) is 11.4 Å². The van der Waals surface area contributed by atoms with Gasteiger partial charge in [0.2, 0.25) is 11.8 Å². The third kappa shape index (κ3) is 2.60. The highest BCUT2D eigenvalue weighted by atomic mass is 16.5. The molecule has 0 aromatic heterocycles. The van der Waals surface area contributed by atoms with E-state index in [1.165, 1.54) is 4.90 Å². The first-order valence-corrected chi connectivity index (χ1v) is 10.7. The summed E-state index contributed by atoms with van der Waals surface area (Å²) in [7, 11) is 1.54. The van der Waals surface area contributed by atoms with Crippen LogP contribution in [0.15, 0.2) is 60.7 Å². The molecule has 2 saturated carbocycles. The fourth-order valence-corrected chi connectivity index (χ4v) is 5.94.